The second-order valence-electron chi connectivity index (χ2n) is 2.94. The number of aliphatic hydroxyl groups is 2. The monoisotopic (exact) mass is 142 g/mol. The molecule has 1 rings (SSSR count). The SMILES string of the molecule is C=C[C@@H]1CC[C@H](O)[C@H](O)C1. The Balaban J connectivity index is 2.40. The highest BCUT2D eigenvalue weighted by Gasteiger charge is 2.25. The number of allylic oxidation sites excluding steroid dienone is 1. The van der Waals surface area contributed by atoms with Crippen molar-refractivity contribution in [1.29, 1.82) is 0 Å². The Bertz CT molecular complexity index is 122. The molecule has 2 N–H and O–H groups in total. The Labute approximate surface area is 61.2 Å². The van der Waals surface area contributed by atoms with Gasteiger partial charge in [-0.1, -0.05) is 6.08 Å². The van der Waals surface area contributed by atoms with Crippen molar-refractivity contribution in [2.75, 3.05) is 0 Å². The maximum absolute atomic E-state index is 9.18. The van der Waals surface area contributed by atoms with Crippen molar-refractivity contribution in [3.05, 3.63) is 12.7 Å². The summed E-state index contributed by atoms with van der Waals surface area (Å²) in [4.78, 5) is 0. The van der Waals surface area contributed by atoms with Gasteiger partial charge in [-0.2, -0.15) is 0 Å². The van der Waals surface area contributed by atoms with Crippen LogP contribution in [0.25, 0.3) is 0 Å². The van der Waals surface area contributed by atoms with Gasteiger partial charge in [0.15, 0.2) is 0 Å². The Kier molecular flexibility index (Phi) is 2.46. The van der Waals surface area contributed by atoms with Crippen LogP contribution in [0, 0.1) is 5.92 Å². The lowest BCUT2D eigenvalue weighted by Crippen LogP contribution is -2.32. The topological polar surface area (TPSA) is 40.5 Å². The molecule has 0 aromatic heterocycles. The molecule has 1 aliphatic carbocycles. The van der Waals surface area contributed by atoms with Crippen molar-refractivity contribution in [2.45, 2.75) is 31.5 Å². The van der Waals surface area contributed by atoms with Gasteiger partial charge in [-0.15, -0.1) is 6.58 Å². The first-order valence-electron chi connectivity index (χ1n) is 3.72. The average molecular weight is 142 g/mol. The zero-order valence-corrected chi connectivity index (χ0v) is 6.03. The van der Waals surface area contributed by atoms with E-state index in [4.69, 9.17) is 5.11 Å². The molecule has 0 aromatic carbocycles. The molecule has 1 saturated carbocycles. The lowest BCUT2D eigenvalue weighted by Gasteiger charge is -2.27. The minimum atomic E-state index is -0.531. The molecule has 2 nitrogen and oxygen atoms in total. The molecule has 0 saturated heterocycles. The van der Waals surface area contributed by atoms with Crippen LogP contribution in [0.4, 0.5) is 0 Å². The number of aliphatic hydroxyl groups excluding tert-OH is 2. The second kappa shape index (κ2) is 3.17. The predicted molar refractivity (Wildman–Crippen MR) is 39.6 cm³/mol. The molecule has 2 heteroatoms. The molecule has 0 spiro atoms. The summed E-state index contributed by atoms with van der Waals surface area (Å²) in [6, 6.07) is 0. The Morgan fingerprint density at radius 1 is 1.20 bits per heavy atom. The van der Waals surface area contributed by atoms with Gasteiger partial charge in [0, 0.05) is 0 Å². The molecule has 58 valence electrons. The standard InChI is InChI=1S/C8H14O2/c1-2-6-3-4-7(9)8(10)5-6/h2,6-10H,1,3-5H2/t6-,7+,8-/m1/s1. The van der Waals surface area contributed by atoms with Crippen LogP contribution in [0.5, 0.6) is 0 Å². The minimum Gasteiger partial charge on any atom is -0.390 e. The van der Waals surface area contributed by atoms with Gasteiger partial charge < -0.3 is 10.2 Å². The fraction of sp³-hybridized carbons (Fsp3) is 0.750. The predicted octanol–water partition coefficient (Wildman–Crippen LogP) is 0.694. The molecule has 0 radical (unpaired) electrons. The Morgan fingerprint density at radius 2 is 1.90 bits per heavy atom. The molecular weight excluding hydrogens is 128 g/mol. The third-order valence-corrected chi connectivity index (χ3v) is 2.15. The van der Waals surface area contributed by atoms with E-state index in [9.17, 15) is 5.11 Å². The summed E-state index contributed by atoms with van der Waals surface area (Å²) in [7, 11) is 0. The second-order valence-corrected chi connectivity index (χ2v) is 2.94. The van der Waals surface area contributed by atoms with Crippen molar-refractivity contribution < 1.29 is 10.2 Å². The van der Waals surface area contributed by atoms with Crippen molar-refractivity contribution in [1.82, 2.24) is 0 Å². The van der Waals surface area contributed by atoms with Crippen molar-refractivity contribution in [2.24, 2.45) is 5.92 Å². The van der Waals surface area contributed by atoms with E-state index in [2.05, 4.69) is 6.58 Å². The maximum atomic E-state index is 9.18. The largest absolute Gasteiger partial charge is 0.390 e. The van der Waals surface area contributed by atoms with Crippen LogP contribution in [0.15, 0.2) is 12.7 Å². The molecule has 0 bridgehead atoms. The molecule has 0 amide bonds. The van der Waals surface area contributed by atoms with Crippen LogP contribution in [0.1, 0.15) is 19.3 Å². The van der Waals surface area contributed by atoms with Crippen molar-refractivity contribution >= 4 is 0 Å². The maximum Gasteiger partial charge on any atom is 0.0804 e. The van der Waals surface area contributed by atoms with E-state index in [0.29, 0.717) is 18.8 Å². The summed E-state index contributed by atoms with van der Waals surface area (Å²) >= 11 is 0. The number of rotatable bonds is 1. The first-order valence-corrected chi connectivity index (χ1v) is 3.72. The summed E-state index contributed by atoms with van der Waals surface area (Å²) in [6.07, 6.45) is 3.16. The van der Waals surface area contributed by atoms with E-state index in [1.54, 1.807) is 0 Å². The van der Waals surface area contributed by atoms with Gasteiger partial charge in [0.25, 0.3) is 0 Å². The van der Waals surface area contributed by atoms with Crippen LogP contribution < -0.4 is 0 Å². The number of hydrogen-bond acceptors (Lipinski definition) is 2. The molecule has 1 fully saturated rings. The van der Waals surface area contributed by atoms with E-state index < -0.39 is 12.2 Å². The summed E-state index contributed by atoms with van der Waals surface area (Å²) in [5, 5.41) is 18.3. The van der Waals surface area contributed by atoms with Crippen LogP contribution in [-0.4, -0.2) is 22.4 Å². The highest BCUT2D eigenvalue weighted by molar-refractivity contribution is 4.88. The lowest BCUT2D eigenvalue weighted by molar-refractivity contribution is -0.0188. The minimum absolute atomic E-state index is 0.401. The average Bonchev–Trinajstić information content (AvgIpc) is 1.95. The molecule has 0 aliphatic heterocycles. The van der Waals surface area contributed by atoms with Gasteiger partial charge in [0.2, 0.25) is 0 Å². The number of hydrogen-bond donors (Lipinski definition) is 2. The van der Waals surface area contributed by atoms with Gasteiger partial charge in [-0.3, -0.25) is 0 Å². The van der Waals surface area contributed by atoms with E-state index in [1.807, 2.05) is 6.08 Å². The van der Waals surface area contributed by atoms with Gasteiger partial charge in [0.1, 0.15) is 0 Å². The fourth-order valence-corrected chi connectivity index (χ4v) is 1.38. The third kappa shape index (κ3) is 1.58. The quantitative estimate of drug-likeness (QED) is 0.529. The van der Waals surface area contributed by atoms with Crippen LogP contribution >= 0.6 is 0 Å². The third-order valence-electron chi connectivity index (χ3n) is 2.15. The zero-order chi connectivity index (χ0) is 7.56. The van der Waals surface area contributed by atoms with Gasteiger partial charge in [-0.05, 0) is 25.2 Å². The first kappa shape index (κ1) is 7.76. The Hall–Kier alpha value is -0.340. The van der Waals surface area contributed by atoms with E-state index in [-0.39, 0.29) is 0 Å². The summed E-state index contributed by atoms with van der Waals surface area (Å²) in [5.41, 5.74) is 0. The smallest absolute Gasteiger partial charge is 0.0804 e. The normalized spacial score (nSPS) is 41.2. The van der Waals surface area contributed by atoms with Crippen molar-refractivity contribution in [3.8, 4) is 0 Å². The van der Waals surface area contributed by atoms with E-state index in [1.165, 1.54) is 0 Å². The van der Waals surface area contributed by atoms with Crippen LogP contribution in [0.3, 0.4) is 0 Å². The zero-order valence-electron chi connectivity index (χ0n) is 6.03. The first-order chi connectivity index (χ1) is 4.74. The molecule has 0 aromatic rings. The van der Waals surface area contributed by atoms with E-state index in [0.717, 1.165) is 6.42 Å². The molecule has 10 heavy (non-hydrogen) atoms. The van der Waals surface area contributed by atoms with E-state index >= 15 is 0 Å². The molecule has 0 unspecified atom stereocenters. The molecule has 3 atom stereocenters. The highest BCUT2D eigenvalue weighted by Crippen LogP contribution is 2.24. The van der Waals surface area contributed by atoms with Gasteiger partial charge in [-0.25, -0.2) is 0 Å². The fourth-order valence-electron chi connectivity index (χ4n) is 1.38. The van der Waals surface area contributed by atoms with Crippen LogP contribution in [0.2, 0.25) is 0 Å². The summed E-state index contributed by atoms with van der Waals surface area (Å²) in [6.45, 7) is 3.65. The van der Waals surface area contributed by atoms with Gasteiger partial charge in [0.05, 0.1) is 12.2 Å². The molecule has 0 heterocycles. The van der Waals surface area contributed by atoms with Crippen molar-refractivity contribution in [3.63, 3.8) is 0 Å². The highest BCUT2D eigenvalue weighted by atomic mass is 16.3. The molecule has 1 aliphatic rings. The van der Waals surface area contributed by atoms with Crippen LogP contribution in [-0.2, 0) is 0 Å². The molecular formula is C8H14O2. The Morgan fingerprint density at radius 3 is 2.40 bits per heavy atom. The lowest BCUT2D eigenvalue weighted by atomic mass is 9.86. The van der Waals surface area contributed by atoms with Gasteiger partial charge >= 0.3 is 0 Å². The summed E-state index contributed by atoms with van der Waals surface area (Å²) < 4.78 is 0. The summed E-state index contributed by atoms with van der Waals surface area (Å²) in [5.74, 6) is 0.401.